The van der Waals surface area contributed by atoms with Gasteiger partial charge in [-0.3, -0.25) is 4.98 Å². The first-order chi connectivity index (χ1) is 15.0. The molecule has 0 fully saturated rings. The molecular weight excluding hydrogens is 397 g/mol. The van der Waals surface area contributed by atoms with Gasteiger partial charge in [-0.1, -0.05) is 13.0 Å². The number of nitrogens with zero attached hydrogens (tertiary/aromatic N) is 4. The Labute approximate surface area is 181 Å². The highest BCUT2D eigenvalue weighted by Crippen LogP contribution is 2.34. The third-order valence-corrected chi connectivity index (χ3v) is 4.65. The highest BCUT2D eigenvalue weighted by atomic mass is 19.1. The van der Waals surface area contributed by atoms with Gasteiger partial charge in [-0.25, -0.2) is 19.4 Å². The molecule has 2 heterocycles. The highest BCUT2D eigenvalue weighted by molar-refractivity contribution is 5.96. The fraction of sp³-hybridized carbons (Fsp3) is 0.304. The number of anilines is 1. The van der Waals surface area contributed by atoms with Gasteiger partial charge in [0.1, 0.15) is 34.9 Å². The second kappa shape index (κ2) is 9.97. The lowest BCUT2D eigenvalue weighted by molar-refractivity contribution is 0.399. The van der Waals surface area contributed by atoms with Crippen molar-refractivity contribution in [1.29, 1.82) is 0 Å². The third-order valence-electron chi connectivity index (χ3n) is 4.65. The summed E-state index contributed by atoms with van der Waals surface area (Å²) in [4.78, 5) is 17.5. The number of methoxy groups -OCH3 is 2. The smallest absolute Gasteiger partial charge is 0.184 e. The summed E-state index contributed by atoms with van der Waals surface area (Å²) in [5.41, 5.74) is 3.02. The minimum Gasteiger partial charge on any atom is -0.494 e. The lowest BCUT2D eigenvalue weighted by atomic mass is 10.1. The molecular formula is C23H26FN5O2. The van der Waals surface area contributed by atoms with Gasteiger partial charge in [-0.2, -0.15) is 0 Å². The van der Waals surface area contributed by atoms with Gasteiger partial charge in [0.05, 0.1) is 26.5 Å². The van der Waals surface area contributed by atoms with E-state index >= 15 is 0 Å². The van der Waals surface area contributed by atoms with Crippen LogP contribution in [0, 0.1) is 12.7 Å². The molecule has 0 spiro atoms. The maximum Gasteiger partial charge on any atom is 0.184 e. The summed E-state index contributed by atoms with van der Waals surface area (Å²) in [7, 11) is 3.14. The summed E-state index contributed by atoms with van der Waals surface area (Å²) in [6, 6.07) is 5.00. The minimum atomic E-state index is -0.398. The van der Waals surface area contributed by atoms with Gasteiger partial charge in [-0.05, 0) is 37.1 Å². The van der Waals surface area contributed by atoms with E-state index in [0.717, 1.165) is 17.7 Å². The molecule has 162 valence electrons. The second-order valence-electron chi connectivity index (χ2n) is 6.93. The molecule has 3 rings (SSSR count). The topological polar surface area (TPSA) is 81.5 Å². The van der Waals surface area contributed by atoms with Crippen molar-refractivity contribution in [3.63, 3.8) is 0 Å². The molecule has 0 aliphatic carbocycles. The largest absolute Gasteiger partial charge is 0.494 e. The van der Waals surface area contributed by atoms with E-state index in [9.17, 15) is 4.39 Å². The lowest BCUT2D eigenvalue weighted by Crippen LogP contribution is -2.08. The number of hydrogen-bond donors (Lipinski definition) is 1. The molecule has 31 heavy (non-hydrogen) atoms. The van der Waals surface area contributed by atoms with E-state index in [1.165, 1.54) is 12.4 Å². The third kappa shape index (κ3) is 5.14. The molecule has 2 aromatic heterocycles. The molecule has 0 aliphatic rings. The van der Waals surface area contributed by atoms with Crippen molar-refractivity contribution in [1.82, 2.24) is 15.0 Å². The van der Waals surface area contributed by atoms with Crippen LogP contribution < -0.4 is 10.1 Å². The van der Waals surface area contributed by atoms with E-state index < -0.39 is 5.82 Å². The Morgan fingerprint density at radius 3 is 2.68 bits per heavy atom. The molecule has 1 aromatic carbocycles. The van der Waals surface area contributed by atoms with E-state index in [1.807, 2.05) is 19.1 Å². The van der Waals surface area contributed by atoms with Gasteiger partial charge in [0.25, 0.3) is 0 Å². The number of pyridine rings is 1. The number of rotatable bonds is 7. The van der Waals surface area contributed by atoms with Crippen LogP contribution in [-0.2, 0) is 4.74 Å². The average molecular weight is 423 g/mol. The van der Waals surface area contributed by atoms with Crippen molar-refractivity contribution >= 4 is 22.6 Å². The number of aliphatic imine (C=N–C) groups is 1. The van der Waals surface area contributed by atoms with Crippen LogP contribution in [0.15, 0.2) is 47.5 Å². The van der Waals surface area contributed by atoms with Crippen LogP contribution >= 0.6 is 0 Å². The Morgan fingerprint density at radius 1 is 1.19 bits per heavy atom. The van der Waals surface area contributed by atoms with E-state index in [0.29, 0.717) is 40.5 Å². The van der Waals surface area contributed by atoms with Gasteiger partial charge in [0, 0.05) is 24.1 Å². The zero-order valence-electron chi connectivity index (χ0n) is 18.4. The number of allylic oxidation sites excluding steroid dienone is 1. The van der Waals surface area contributed by atoms with Gasteiger partial charge < -0.3 is 14.8 Å². The summed E-state index contributed by atoms with van der Waals surface area (Å²) in [6.07, 6.45) is 5.94. The maximum atomic E-state index is 14.6. The SMILES string of the molecule is CC/C=C(\CNc1ncnc2c(OC)cc(-c3ncc(C)cc3F)cc12)N=C(C)OC. The van der Waals surface area contributed by atoms with Gasteiger partial charge >= 0.3 is 0 Å². The first-order valence-corrected chi connectivity index (χ1v) is 9.94. The molecule has 0 saturated heterocycles. The van der Waals surface area contributed by atoms with Crippen LogP contribution in [0.2, 0.25) is 0 Å². The van der Waals surface area contributed by atoms with Crippen LogP contribution in [0.3, 0.4) is 0 Å². The van der Waals surface area contributed by atoms with Crippen molar-refractivity contribution < 1.29 is 13.9 Å². The van der Waals surface area contributed by atoms with E-state index in [-0.39, 0.29) is 5.69 Å². The van der Waals surface area contributed by atoms with Gasteiger partial charge in [-0.15, -0.1) is 0 Å². The number of aryl methyl sites for hydroxylation is 1. The summed E-state index contributed by atoms with van der Waals surface area (Å²) in [5, 5.41) is 4.00. The van der Waals surface area contributed by atoms with Crippen molar-refractivity contribution in [2.75, 3.05) is 26.1 Å². The summed E-state index contributed by atoms with van der Waals surface area (Å²) >= 11 is 0. The second-order valence-corrected chi connectivity index (χ2v) is 6.93. The molecule has 0 bridgehead atoms. The lowest BCUT2D eigenvalue weighted by Gasteiger charge is -2.13. The van der Waals surface area contributed by atoms with Gasteiger partial charge in [0.15, 0.2) is 5.90 Å². The number of aromatic nitrogens is 3. The first-order valence-electron chi connectivity index (χ1n) is 9.94. The molecule has 7 nitrogen and oxygen atoms in total. The molecule has 8 heteroatoms. The van der Waals surface area contributed by atoms with E-state index in [4.69, 9.17) is 9.47 Å². The highest BCUT2D eigenvalue weighted by Gasteiger charge is 2.15. The standard InChI is InChI=1S/C23H26FN5O2/c1-6-7-17(29-15(3)30-4)12-26-23-18-9-16(21-19(24)8-14(2)11-25-21)10-20(31-5)22(18)27-13-28-23/h7-11,13H,6,12H2,1-5H3,(H,26,27,28)/b17-7+,29-15?. The summed E-state index contributed by atoms with van der Waals surface area (Å²) in [6.45, 7) is 6.07. The Bertz CT molecular complexity index is 1140. The zero-order chi connectivity index (χ0) is 22.4. The number of hydrogen-bond acceptors (Lipinski definition) is 7. The first kappa shape index (κ1) is 22.1. The Hall–Kier alpha value is -3.55. The molecule has 0 amide bonds. The predicted octanol–water partition coefficient (Wildman–Crippen LogP) is 4.92. The molecule has 0 aliphatic heterocycles. The van der Waals surface area contributed by atoms with Crippen LogP contribution in [0.5, 0.6) is 5.75 Å². The number of halogens is 1. The molecule has 3 aromatic rings. The summed E-state index contributed by atoms with van der Waals surface area (Å²) < 4.78 is 25.3. The number of fused-ring (bicyclic) bond motifs is 1. The quantitative estimate of drug-likeness (QED) is 0.429. The minimum absolute atomic E-state index is 0.243. The van der Waals surface area contributed by atoms with Crippen molar-refractivity contribution in [3.8, 4) is 17.0 Å². The number of ether oxygens (including phenoxy) is 2. The monoisotopic (exact) mass is 423 g/mol. The molecule has 1 N–H and O–H groups in total. The predicted molar refractivity (Wildman–Crippen MR) is 121 cm³/mol. The van der Waals surface area contributed by atoms with Crippen LogP contribution in [0.1, 0.15) is 25.8 Å². The molecule has 0 atom stereocenters. The molecule has 0 saturated carbocycles. The Kier molecular flexibility index (Phi) is 7.12. The van der Waals surface area contributed by atoms with Crippen LogP contribution in [0.4, 0.5) is 10.2 Å². The number of nitrogens with one attached hydrogen (secondary N) is 1. The van der Waals surface area contributed by atoms with Crippen molar-refractivity contribution in [2.45, 2.75) is 27.2 Å². The van der Waals surface area contributed by atoms with Crippen molar-refractivity contribution in [2.24, 2.45) is 4.99 Å². The summed E-state index contributed by atoms with van der Waals surface area (Å²) in [5.74, 6) is 1.27. The number of benzene rings is 1. The van der Waals surface area contributed by atoms with Crippen LogP contribution in [0.25, 0.3) is 22.2 Å². The van der Waals surface area contributed by atoms with Crippen LogP contribution in [-0.4, -0.2) is 41.6 Å². The Morgan fingerprint density at radius 2 is 2.00 bits per heavy atom. The zero-order valence-corrected chi connectivity index (χ0v) is 18.4. The maximum absolute atomic E-state index is 14.6. The van der Waals surface area contributed by atoms with E-state index in [2.05, 4.69) is 25.3 Å². The molecule has 0 radical (unpaired) electrons. The normalized spacial score (nSPS) is 12.2. The Balaban J connectivity index is 2.05. The average Bonchev–Trinajstić information content (AvgIpc) is 2.76. The fourth-order valence-corrected chi connectivity index (χ4v) is 3.13. The fourth-order valence-electron chi connectivity index (χ4n) is 3.13. The van der Waals surface area contributed by atoms with E-state index in [1.54, 1.807) is 40.3 Å². The van der Waals surface area contributed by atoms with Gasteiger partial charge in [0.2, 0.25) is 0 Å². The van der Waals surface area contributed by atoms with Crippen molar-refractivity contribution in [3.05, 3.63) is 53.9 Å². The molecule has 0 unspecified atom stereocenters.